The Morgan fingerprint density at radius 3 is 1.31 bits per heavy atom. The van der Waals surface area contributed by atoms with E-state index in [1.807, 2.05) is 26.8 Å². The third kappa shape index (κ3) is 12.0. The third-order valence-electron chi connectivity index (χ3n) is 1.73. The second-order valence-corrected chi connectivity index (χ2v) is 2.93. The summed E-state index contributed by atoms with van der Waals surface area (Å²) in [5, 5.41) is 0. The van der Waals surface area contributed by atoms with E-state index in [1.54, 1.807) is 0 Å². The molecule has 0 fully saturated rings. The van der Waals surface area contributed by atoms with Gasteiger partial charge in [0.05, 0.1) is 0 Å². The first-order chi connectivity index (χ1) is 6.79. The molecule has 0 amide bonds. The van der Waals surface area contributed by atoms with Gasteiger partial charge in [0.1, 0.15) is 0 Å². The van der Waals surface area contributed by atoms with Gasteiger partial charge in [0.2, 0.25) is 0 Å². The minimum atomic E-state index is 0. The van der Waals surface area contributed by atoms with E-state index in [9.17, 15) is 0 Å². The van der Waals surface area contributed by atoms with Crippen molar-refractivity contribution in [2.45, 2.75) is 26.7 Å². The maximum atomic E-state index is 3.12. The van der Waals surface area contributed by atoms with E-state index >= 15 is 0 Å². The van der Waals surface area contributed by atoms with Crippen molar-refractivity contribution in [3.63, 3.8) is 0 Å². The summed E-state index contributed by atoms with van der Waals surface area (Å²) in [5.74, 6) is 0. The summed E-state index contributed by atoms with van der Waals surface area (Å²) in [6.45, 7) is 4.12. The first-order valence-corrected chi connectivity index (χ1v) is 8.64. The van der Waals surface area contributed by atoms with Crippen LogP contribution >= 0.6 is 0 Å². The SMILES string of the molecule is CC1=[C-]CC=C1.CC1=[C-]CC=C1.[CH3-].[CH3-].[SiH2]=[Ti]. The van der Waals surface area contributed by atoms with E-state index in [2.05, 4.69) is 50.3 Å². The van der Waals surface area contributed by atoms with Crippen molar-refractivity contribution < 1.29 is 19.2 Å². The van der Waals surface area contributed by atoms with Gasteiger partial charge >= 0.3 is 26.8 Å². The zero-order valence-electron chi connectivity index (χ0n) is 10.9. The summed E-state index contributed by atoms with van der Waals surface area (Å²) in [6, 6.07) is 0. The average molecular weight is 266 g/mol. The number of rotatable bonds is 0. The van der Waals surface area contributed by atoms with E-state index in [4.69, 9.17) is 0 Å². The van der Waals surface area contributed by atoms with Crippen LogP contribution < -0.4 is 0 Å². The van der Waals surface area contributed by atoms with Crippen LogP contribution in [-0.2, 0) is 19.2 Å². The van der Waals surface area contributed by atoms with Gasteiger partial charge in [-0.15, -0.1) is 12.8 Å². The molecule has 0 heterocycles. The van der Waals surface area contributed by atoms with Crippen LogP contribution in [0.25, 0.3) is 0 Å². The topological polar surface area (TPSA) is 0 Å². The molecule has 90 valence electrons. The summed E-state index contributed by atoms with van der Waals surface area (Å²) in [4.78, 5) is 0. The van der Waals surface area contributed by atoms with Crippen LogP contribution in [0.3, 0.4) is 0 Å². The molecule has 0 nitrogen and oxygen atoms in total. The number of allylic oxidation sites excluding steroid dienone is 8. The van der Waals surface area contributed by atoms with Gasteiger partial charge in [-0.3, -0.25) is 12.2 Å². The van der Waals surface area contributed by atoms with Crippen LogP contribution in [0.2, 0.25) is 0 Å². The third-order valence-corrected chi connectivity index (χ3v) is 1.73. The fourth-order valence-corrected chi connectivity index (χ4v) is 1.03. The molecule has 16 heavy (non-hydrogen) atoms. The van der Waals surface area contributed by atoms with Gasteiger partial charge < -0.3 is 14.9 Å². The molecular formula is C14H22SiTi-4. The van der Waals surface area contributed by atoms with E-state index in [0.717, 1.165) is 12.8 Å². The predicted molar refractivity (Wildman–Crippen MR) is 73.7 cm³/mol. The monoisotopic (exact) mass is 266 g/mol. The quantitative estimate of drug-likeness (QED) is 0.466. The van der Waals surface area contributed by atoms with Gasteiger partial charge in [-0.1, -0.05) is 13.8 Å². The Bertz CT molecular complexity index is 239. The minimum absolute atomic E-state index is 0. The maximum absolute atomic E-state index is 3.12. The predicted octanol–water partition coefficient (Wildman–Crippen LogP) is 3.37. The van der Waals surface area contributed by atoms with Gasteiger partial charge in [0.15, 0.2) is 0 Å². The molecule has 2 aliphatic carbocycles. The van der Waals surface area contributed by atoms with Crippen LogP contribution in [0.1, 0.15) is 26.7 Å². The van der Waals surface area contributed by atoms with Crippen molar-refractivity contribution in [2.75, 3.05) is 0 Å². The fourth-order valence-electron chi connectivity index (χ4n) is 1.03. The summed E-state index contributed by atoms with van der Waals surface area (Å²) < 4.78 is 0. The second-order valence-electron chi connectivity index (χ2n) is 2.93. The summed E-state index contributed by atoms with van der Waals surface area (Å²) in [6.07, 6.45) is 16.7. The summed E-state index contributed by atoms with van der Waals surface area (Å²) in [5.41, 5.74) is 2.55. The van der Waals surface area contributed by atoms with Crippen molar-refractivity contribution in [3.8, 4) is 0 Å². The second kappa shape index (κ2) is 14.9. The Balaban J connectivity index is -0.000000165. The van der Waals surface area contributed by atoms with Crippen molar-refractivity contribution >= 4 is 7.63 Å². The Kier molecular flexibility index (Phi) is 19.7. The molecule has 0 unspecified atom stereocenters. The van der Waals surface area contributed by atoms with Gasteiger partial charge in [-0.25, -0.2) is 23.3 Å². The number of hydrogen-bond acceptors (Lipinski definition) is 0. The standard InChI is InChI=1S/2C6H7.2CH3.H2Si.Ti/c2*1-6-4-2-3-5-6;;;;/h2*2,4H,3H2,1H3;2*1H3;1H2;/q4*-1;;. The van der Waals surface area contributed by atoms with Crippen LogP contribution in [0.5, 0.6) is 0 Å². The Labute approximate surface area is 116 Å². The molecule has 0 radical (unpaired) electrons. The van der Waals surface area contributed by atoms with Crippen molar-refractivity contribution in [2.24, 2.45) is 0 Å². The van der Waals surface area contributed by atoms with Crippen molar-refractivity contribution in [1.29, 1.82) is 0 Å². The van der Waals surface area contributed by atoms with Gasteiger partial charge in [0, 0.05) is 0 Å². The van der Waals surface area contributed by atoms with Crippen molar-refractivity contribution in [3.05, 3.63) is 62.5 Å². The molecular weight excluding hydrogens is 244 g/mol. The van der Waals surface area contributed by atoms with Crippen LogP contribution in [0, 0.1) is 27.0 Å². The molecule has 0 saturated heterocycles. The van der Waals surface area contributed by atoms with E-state index in [0.29, 0.717) is 0 Å². The van der Waals surface area contributed by atoms with Crippen molar-refractivity contribution in [1.82, 2.24) is 0 Å². The fraction of sp³-hybridized carbons (Fsp3) is 0.286. The molecule has 0 aromatic rings. The van der Waals surface area contributed by atoms with Crippen LogP contribution in [0.4, 0.5) is 0 Å². The average Bonchev–Trinajstić information content (AvgIpc) is 2.83. The van der Waals surface area contributed by atoms with E-state index < -0.39 is 0 Å². The van der Waals surface area contributed by atoms with Crippen LogP contribution in [-0.4, -0.2) is 7.63 Å². The number of hydrogen-bond donors (Lipinski definition) is 0. The van der Waals surface area contributed by atoms with E-state index in [-0.39, 0.29) is 14.9 Å². The molecule has 0 aliphatic heterocycles. The van der Waals surface area contributed by atoms with E-state index in [1.165, 1.54) is 11.1 Å². The molecule has 0 spiro atoms. The zero-order valence-corrected chi connectivity index (χ0v) is 13.9. The van der Waals surface area contributed by atoms with Gasteiger partial charge in [-0.2, -0.15) is 12.2 Å². The Morgan fingerprint density at radius 1 is 0.938 bits per heavy atom. The molecule has 0 saturated carbocycles. The normalized spacial score (nSPS) is 14.1. The molecule has 0 N–H and O–H groups in total. The molecule has 2 rings (SSSR count). The molecule has 2 heteroatoms. The Hall–Kier alpha value is -0.109. The molecule has 0 bridgehead atoms. The molecule has 0 aromatic carbocycles. The first-order valence-electron chi connectivity index (χ1n) is 4.62. The first kappa shape index (κ1) is 21.2. The molecule has 0 aromatic heterocycles. The zero-order chi connectivity index (χ0) is 10.8. The molecule has 2 aliphatic rings. The van der Waals surface area contributed by atoms with Gasteiger partial charge in [-0.05, 0) is 0 Å². The van der Waals surface area contributed by atoms with Crippen LogP contribution in [0.15, 0.2) is 35.5 Å². The summed E-state index contributed by atoms with van der Waals surface area (Å²) >= 11 is 2.03. The van der Waals surface area contributed by atoms with Gasteiger partial charge in [0.25, 0.3) is 0 Å². The molecule has 0 atom stereocenters. The Morgan fingerprint density at radius 2 is 1.25 bits per heavy atom. The summed E-state index contributed by atoms with van der Waals surface area (Å²) in [7, 11) is 1.86.